The van der Waals surface area contributed by atoms with Crippen LogP contribution in [0, 0.1) is 43.8 Å². The molecule has 0 radical (unpaired) electrons. The third-order valence-corrected chi connectivity index (χ3v) is 23.6. The molecular formula is C125H207N9O4. The molecule has 0 bridgehead atoms. The molecule has 2 atom stereocenters. The number of ketones is 2. The third kappa shape index (κ3) is 54.9. The number of benzene rings is 2. The monoisotopic (exact) mass is 1900 g/mol. The number of anilines is 1. The van der Waals surface area contributed by atoms with Gasteiger partial charge in [0.25, 0.3) is 0 Å². The molecule has 0 spiro atoms. The second kappa shape index (κ2) is 50.9. The third-order valence-electron chi connectivity index (χ3n) is 23.6. The van der Waals surface area contributed by atoms with Crippen LogP contribution < -0.4 is 21.3 Å². The van der Waals surface area contributed by atoms with Crippen molar-refractivity contribution >= 4 is 35.3 Å². The molecule has 13 heteroatoms. The van der Waals surface area contributed by atoms with Crippen LogP contribution >= 0.6 is 0 Å². The number of amides is 2. The average Bonchev–Trinajstić information content (AvgIpc) is 0.817. The van der Waals surface area contributed by atoms with Crippen molar-refractivity contribution in [1.29, 1.82) is 0 Å². The number of aromatic nitrogens is 4. The summed E-state index contributed by atoms with van der Waals surface area (Å²) in [6.07, 6.45) is 24.4. The van der Waals surface area contributed by atoms with Gasteiger partial charge in [-0.1, -0.05) is 389 Å². The largest absolute Gasteiger partial charge is 0.351 e. The summed E-state index contributed by atoms with van der Waals surface area (Å²) < 4.78 is 0. The lowest BCUT2D eigenvalue weighted by atomic mass is 9.68. The van der Waals surface area contributed by atoms with Crippen molar-refractivity contribution in [1.82, 2.24) is 35.9 Å². The molecule has 0 fully saturated rings. The standard InChI is InChI=1S/C18H27NO2.C18H32.C17H31N.C16H25N3O2.C15H25N.C14H24N2.C14H22.C13H21N/c1-17(2,3)11-16(21)10-15(20)9-14-8-7-13(12-19-14)18(4,5)6;1-16(2,3)13-18(7,8)15-11-9-14(10-12-15)17(4,5)6;1-15(2,3)12-17(7,8)13-9-10-14(18-11-13)16(4,5)6;1-15(2,3)12-8-7-11(10-17-12)18-13(20)9-14(21)19-16(4,5)6;1-14(2,3)13-9-7-12(8-10-13)11-16-15(4,5)6;1-13(2,3)12-8-7-11(9-15-12)10-16-14(4,5)6;1-13(2,3)11-7-9-12(10-8-11)14(4,5)6;1-12(2,3)10-7-8-11(14-9-10)13(4,5)6/h7-8,12H,9-11H2,1-6H3;9,11-12,14H,10,13H2,1-8H3;9,11,14H,10,12H2,1-8H3;7-8,10H,9H2,1-6H3,(H,18,20)(H,19,21);7-10,16H,11H2,1-6H3;7-9,16H,10H2,1-6H3;7-10H,1-6H3;7-9H,1-6H3. The highest BCUT2D eigenvalue weighted by Gasteiger charge is 2.35. The maximum Gasteiger partial charge on any atom is 0.233 e. The van der Waals surface area contributed by atoms with Crippen LogP contribution in [0.5, 0.6) is 0 Å². The van der Waals surface area contributed by atoms with Crippen LogP contribution in [-0.2, 0) is 82.0 Å². The Morgan fingerprint density at radius 2 is 0.688 bits per heavy atom. The molecule has 2 amide bonds. The van der Waals surface area contributed by atoms with Gasteiger partial charge in [-0.25, -0.2) is 0 Å². The van der Waals surface area contributed by atoms with E-state index in [1.54, 1.807) is 12.3 Å². The fraction of sp³-hybridized carbons (Fsp3) is 0.656. The molecule has 1 aliphatic carbocycles. The summed E-state index contributed by atoms with van der Waals surface area (Å²) in [5.74, 6) is 0.00656. The van der Waals surface area contributed by atoms with Crippen molar-refractivity contribution in [2.75, 3.05) is 5.32 Å². The zero-order valence-electron chi connectivity index (χ0n) is 98.5. The normalized spacial score (nSPS) is 15.0. The van der Waals surface area contributed by atoms with Gasteiger partial charge >= 0.3 is 0 Å². The van der Waals surface area contributed by atoms with Gasteiger partial charge in [-0.15, -0.1) is 0 Å². The zero-order chi connectivity index (χ0) is 108. The Kier molecular flexibility index (Phi) is 47.2. The number of allylic oxidation sites excluding steroid dienone is 5. The first-order valence-electron chi connectivity index (χ1n) is 51.4. The lowest BCUT2D eigenvalue weighted by Gasteiger charge is -2.37. The van der Waals surface area contributed by atoms with Crippen LogP contribution in [0.3, 0.4) is 0 Å². The molecular weight excluding hydrogens is 1690 g/mol. The first-order chi connectivity index (χ1) is 61.6. The summed E-state index contributed by atoms with van der Waals surface area (Å²) in [6.45, 7) is 116. The van der Waals surface area contributed by atoms with Crippen LogP contribution in [0.15, 0.2) is 162 Å². The Morgan fingerprint density at radius 3 is 0.993 bits per heavy atom. The molecule has 2 aromatic carbocycles. The van der Waals surface area contributed by atoms with E-state index in [1.807, 2.05) is 78.3 Å². The fourth-order valence-electron chi connectivity index (χ4n) is 15.6. The molecule has 4 N–H and O–H groups in total. The molecule has 6 aromatic rings. The van der Waals surface area contributed by atoms with Gasteiger partial charge in [-0.2, -0.15) is 0 Å². The quantitative estimate of drug-likeness (QED) is 0.0681. The molecule has 138 heavy (non-hydrogen) atoms. The number of rotatable bonds is 16. The van der Waals surface area contributed by atoms with Gasteiger partial charge < -0.3 is 21.3 Å². The smallest absolute Gasteiger partial charge is 0.233 e. The van der Waals surface area contributed by atoms with Crippen molar-refractivity contribution in [2.24, 2.45) is 48.8 Å². The van der Waals surface area contributed by atoms with E-state index in [9.17, 15) is 19.2 Å². The van der Waals surface area contributed by atoms with E-state index in [-0.39, 0.29) is 124 Å². The van der Waals surface area contributed by atoms with Crippen molar-refractivity contribution in [3.05, 3.63) is 219 Å². The number of aliphatic imine (C=N–C) groups is 1. The van der Waals surface area contributed by atoms with Crippen LogP contribution in [0.1, 0.15) is 467 Å². The second-order valence-corrected chi connectivity index (χ2v) is 57.7. The van der Waals surface area contributed by atoms with Gasteiger partial charge in [0.1, 0.15) is 18.0 Å². The fourth-order valence-corrected chi connectivity index (χ4v) is 15.6. The maximum absolute atomic E-state index is 11.9. The number of nitrogens with zero attached hydrogens (tertiary/aromatic N) is 5. The van der Waals surface area contributed by atoms with E-state index in [2.05, 4.69) is 463 Å². The zero-order valence-corrected chi connectivity index (χ0v) is 98.5. The molecule has 2 unspecified atom stereocenters. The average molecular weight is 1900 g/mol. The predicted molar refractivity (Wildman–Crippen MR) is 601 cm³/mol. The summed E-state index contributed by atoms with van der Waals surface area (Å²) in [5.41, 5.74) is 19.9. The minimum Gasteiger partial charge on any atom is -0.351 e. The van der Waals surface area contributed by atoms with Crippen molar-refractivity contribution in [3.8, 4) is 0 Å². The number of hydrogen-bond acceptors (Lipinski definition) is 11. The predicted octanol–water partition coefficient (Wildman–Crippen LogP) is 32.9. The van der Waals surface area contributed by atoms with Gasteiger partial charge in [-0.05, 0) is 239 Å². The van der Waals surface area contributed by atoms with E-state index in [0.29, 0.717) is 40.3 Å². The Hall–Kier alpha value is -7.87. The molecule has 0 saturated heterocycles. The molecule has 13 nitrogen and oxygen atoms in total. The molecule has 5 heterocycles. The maximum atomic E-state index is 11.9. The number of carbonyl (C=O) groups excluding carboxylic acids is 4. The van der Waals surface area contributed by atoms with Crippen LogP contribution in [0.4, 0.5) is 5.69 Å². The van der Waals surface area contributed by atoms with E-state index in [0.717, 1.165) is 47.8 Å². The SMILES string of the molecule is CC(C)(C)CC(=O)CC(=O)Cc1ccc(C(C)(C)C)cn1.CC(C)(C)CC(C)(C)C1=CCC(C(C)(C)C)C=C1.CC(C)(C)CC(C)(C)C1=CCC(C(C)(C)C)N=C1.CC(C)(C)NC(=O)CC(=O)Nc1ccc(C(C)(C)C)nc1.CC(C)(C)NCc1ccc(C(C)(C)C)cc1.CC(C)(C)NCc1ccc(C(C)(C)C)nc1.CC(C)(C)c1ccc(C(C)(C)C)cc1.CC(C)(C)c1ccc(C(C)(C)C)nc1. The topological polar surface area (TPSA) is 180 Å². The van der Waals surface area contributed by atoms with Gasteiger partial charge in [0.2, 0.25) is 11.8 Å². The van der Waals surface area contributed by atoms with Gasteiger partial charge in [0.05, 0.1) is 24.3 Å². The Balaban J connectivity index is 0.000000791. The molecule has 1 aliphatic heterocycles. The second-order valence-electron chi connectivity index (χ2n) is 57.7. The molecule has 776 valence electrons. The van der Waals surface area contributed by atoms with E-state index in [4.69, 9.17) is 4.99 Å². The summed E-state index contributed by atoms with van der Waals surface area (Å²) in [7, 11) is 0. The van der Waals surface area contributed by atoms with Crippen molar-refractivity contribution in [2.45, 2.75) is 490 Å². The number of Topliss-reactive ketones (excluding diaryl/α,β-unsaturated/α-hetero) is 2. The summed E-state index contributed by atoms with van der Waals surface area (Å²) in [4.78, 5) is 69.7. The van der Waals surface area contributed by atoms with E-state index >= 15 is 0 Å². The highest BCUT2D eigenvalue weighted by atomic mass is 16.2. The number of nitrogens with one attached hydrogen (secondary N) is 4. The lowest BCUT2D eigenvalue weighted by Crippen LogP contribution is -2.41. The van der Waals surface area contributed by atoms with Gasteiger partial charge in [0, 0.05) is 106 Å². The first kappa shape index (κ1) is 128. The van der Waals surface area contributed by atoms with Crippen molar-refractivity contribution in [3.63, 3.8) is 0 Å². The summed E-state index contributed by atoms with van der Waals surface area (Å²) in [5, 5.41) is 12.4. The molecule has 0 saturated carbocycles. The Bertz CT molecular complexity index is 4400. The van der Waals surface area contributed by atoms with Gasteiger partial charge in [0.15, 0.2) is 0 Å². The highest BCUT2D eigenvalue weighted by molar-refractivity contribution is 6.03. The van der Waals surface area contributed by atoms with Gasteiger partial charge in [-0.3, -0.25) is 44.1 Å². The minimum atomic E-state index is -0.345. The number of hydrogen-bond donors (Lipinski definition) is 4. The molecule has 8 rings (SSSR count). The van der Waals surface area contributed by atoms with Crippen LogP contribution in [0.2, 0.25) is 0 Å². The summed E-state index contributed by atoms with van der Waals surface area (Å²) in [6, 6.07) is 34.5. The van der Waals surface area contributed by atoms with E-state index in [1.165, 1.54) is 63.8 Å². The summed E-state index contributed by atoms with van der Waals surface area (Å²) >= 11 is 0. The Morgan fingerprint density at radius 1 is 0.326 bits per heavy atom. The molecule has 4 aromatic heterocycles. The highest BCUT2D eigenvalue weighted by Crippen LogP contribution is 2.45. The minimum absolute atomic E-state index is 0.0128. The van der Waals surface area contributed by atoms with Crippen LogP contribution in [0.25, 0.3) is 0 Å². The Labute approximate surface area is 848 Å². The number of pyridine rings is 4. The van der Waals surface area contributed by atoms with Crippen LogP contribution in [-0.4, -0.2) is 72.2 Å². The first-order valence-corrected chi connectivity index (χ1v) is 51.4. The number of dihydropyridines is 1. The molecule has 2 aliphatic rings. The van der Waals surface area contributed by atoms with E-state index < -0.39 is 0 Å². The van der Waals surface area contributed by atoms with Crippen molar-refractivity contribution < 1.29 is 19.2 Å². The lowest BCUT2D eigenvalue weighted by molar-refractivity contribution is -0.129. The number of carbonyl (C=O) groups is 4.